The van der Waals surface area contributed by atoms with E-state index in [0.29, 0.717) is 39.2 Å². The number of aromatic hydroxyl groups is 1. The summed E-state index contributed by atoms with van der Waals surface area (Å²) in [5.41, 5.74) is 2.41. The van der Waals surface area contributed by atoms with Crippen LogP contribution in [0.2, 0.25) is 10.0 Å². The summed E-state index contributed by atoms with van der Waals surface area (Å²) < 4.78 is 21.6. The van der Waals surface area contributed by atoms with Crippen molar-refractivity contribution in [2.45, 2.75) is 6.54 Å². The lowest BCUT2D eigenvalue weighted by Gasteiger charge is -2.12. The Morgan fingerprint density at radius 2 is 1.90 bits per heavy atom. The zero-order valence-corrected chi connectivity index (χ0v) is 12.7. The molecule has 1 aliphatic heterocycles. The van der Waals surface area contributed by atoms with Gasteiger partial charge < -0.3 is 10.4 Å². The van der Waals surface area contributed by atoms with Crippen molar-refractivity contribution >= 4 is 51.6 Å². The molecular weight excluding hydrogens is 336 g/mol. The van der Waals surface area contributed by atoms with E-state index in [1.807, 2.05) is 0 Å². The second-order valence-electron chi connectivity index (χ2n) is 4.32. The minimum atomic E-state index is -0.669. The molecule has 3 rings (SSSR count). The van der Waals surface area contributed by atoms with Crippen LogP contribution in [0, 0.1) is 5.82 Å². The predicted octanol–water partition coefficient (Wildman–Crippen LogP) is 5.18. The van der Waals surface area contributed by atoms with E-state index >= 15 is 0 Å². The third-order valence-electron chi connectivity index (χ3n) is 2.93. The monoisotopic (exact) mass is 343 g/mol. The number of anilines is 1. The summed E-state index contributed by atoms with van der Waals surface area (Å²) in [6.07, 6.45) is 0. The van der Waals surface area contributed by atoms with Gasteiger partial charge in [-0.3, -0.25) is 0 Å². The average molecular weight is 344 g/mol. The van der Waals surface area contributed by atoms with E-state index in [2.05, 4.69) is 14.0 Å². The van der Waals surface area contributed by atoms with Crippen molar-refractivity contribution in [3.8, 4) is 5.75 Å². The van der Waals surface area contributed by atoms with E-state index in [1.165, 1.54) is 12.1 Å². The van der Waals surface area contributed by atoms with Crippen molar-refractivity contribution in [2.75, 3.05) is 5.32 Å². The maximum Gasteiger partial charge on any atom is 0.165 e. The molecule has 0 saturated heterocycles. The Morgan fingerprint density at radius 3 is 2.67 bits per heavy atom. The van der Waals surface area contributed by atoms with E-state index in [4.69, 9.17) is 28.3 Å². The largest absolute Gasteiger partial charge is 0.505 e. The zero-order valence-electron chi connectivity index (χ0n) is 10.4. The molecule has 1 heterocycles. The smallest absolute Gasteiger partial charge is 0.165 e. The van der Waals surface area contributed by atoms with E-state index in [0.717, 1.165) is 11.4 Å². The van der Waals surface area contributed by atoms with Gasteiger partial charge in [-0.2, -0.15) is 8.73 Å². The zero-order chi connectivity index (χ0) is 15.0. The molecule has 0 unspecified atom stereocenters. The van der Waals surface area contributed by atoms with Crippen LogP contribution in [0.15, 0.2) is 33.0 Å². The quantitative estimate of drug-likeness (QED) is 0.688. The second-order valence-corrected chi connectivity index (χ2v) is 5.66. The molecule has 0 aliphatic carbocycles. The maximum absolute atomic E-state index is 13.3. The van der Waals surface area contributed by atoms with Crippen molar-refractivity contribution in [1.29, 1.82) is 0 Å². The summed E-state index contributed by atoms with van der Waals surface area (Å²) in [4.78, 5) is 0. The van der Waals surface area contributed by atoms with E-state index in [-0.39, 0.29) is 5.75 Å². The lowest BCUT2D eigenvalue weighted by molar-refractivity contribution is 0.432. The number of rotatable bonds is 3. The fourth-order valence-corrected chi connectivity index (χ4v) is 3.07. The molecule has 0 amide bonds. The van der Waals surface area contributed by atoms with Crippen molar-refractivity contribution < 1.29 is 9.50 Å². The van der Waals surface area contributed by atoms with Crippen molar-refractivity contribution in [3.05, 3.63) is 45.7 Å². The molecule has 0 bridgehead atoms. The first-order valence-corrected chi connectivity index (χ1v) is 7.36. The third kappa shape index (κ3) is 2.74. The minimum Gasteiger partial charge on any atom is -0.505 e. The van der Waals surface area contributed by atoms with Crippen LogP contribution in [0.4, 0.5) is 21.5 Å². The molecule has 4 nitrogen and oxygen atoms in total. The lowest BCUT2D eigenvalue weighted by atomic mass is 10.2. The number of phenols is 1. The van der Waals surface area contributed by atoms with E-state index in [9.17, 15) is 4.39 Å². The number of halogens is 3. The lowest BCUT2D eigenvalue weighted by Crippen LogP contribution is -2.01. The molecule has 2 aromatic rings. The van der Waals surface area contributed by atoms with Gasteiger partial charge in [0, 0.05) is 6.54 Å². The normalized spacial score (nSPS) is 12.1. The first-order valence-electron chi connectivity index (χ1n) is 5.88. The molecular formula is C13H8Cl2FN3OS. The van der Waals surface area contributed by atoms with Gasteiger partial charge in [0.15, 0.2) is 11.6 Å². The Morgan fingerprint density at radius 1 is 1.14 bits per heavy atom. The fourth-order valence-electron chi connectivity index (χ4n) is 1.89. The first kappa shape index (κ1) is 14.3. The molecule has 2 aromatic carbocycles. The van der Waals surface area contributed by atoms with Gasteiger partial charge in [-0.1, -0.05) is 29.3 Å². The van der Waals surface area contributed by atoms with Crippen LogP contribution in [-0.4, -0.2) is 5.11 Å². The molecule has 0 spiro atoms. The molecule has 2 N–H and O–H groups in total. The van der Waals surface area contributed by atoms with Crippen LogP contribution in [0.1, 0.15) is 5.56 Å². The van der Waals surface area contributed by atoms with Gasteiger partial charge in [0.05, 0.1) is 27.1 Å². The molecule has 0 aromatic heterocycles. The van der Waals surface area contributed by atoms with Crippen molar-refractivity contribution in [1.82, 2.24) is 0 Å². The van der Waals surface area contributed by atoms with Gasteiger partial charge in [-0.05, 0) is 23.8 Å². The molecule has 108 valence electrons. The number of phenolic OH excluding ortho intramolecular Hbond substituents is 1. The fraction of sp³-hybridized carbons (Fsp3) is 0.0769. The first-order chi connectivity index (χ1) is 10.1. The molecule has 0 fully saturated rings. The van der Waals surface area contributed by atoms with Gasteiger partial charge in [0.1, 0.15) is 11.4 Å². The highest BCUT2D eigenvalue weighted by molar-refractivity contribution is 7.58. The average Bonchev–Trinajstić information content (AvgIpc) is 2.92. The third-order valence-corrected chi connectivity index (χ3v) is 4.04. The Bertz CT molecular complexity index is 806. The molecule has 1 aliphatic rings. The standard InChI is InChI=1S/C13H8Cl2FN3OS/c14-7-4-8(15)12-13(19-21-18-12)11(7)17-5-6-1-2-10(20)9(16)3-6/h1-4,17,20H,5H2. The van der Waals surface area contributed by atoms with Gasteiger partial charge in [0.25, 0.3) is 0 Å². The Hall–Kier alpha value is -1.63. The van der Waals surface area contributed by atoms with Crippen LogP contribution < -0.4 is 5.32 Å². The predicted molar refractivity (Wildman–Crippen MR) is 83.4 cm³/mol. The number of fused-ring (bicyclic) bond motifs is 1. The summed E-state index contributed by atoms with van der Waals surface area (Å²) in [5, 5.41) is 13.1. The van der Waals surface area contributed by atoms with Gasteiger partial charge >= 0.3 is 0 Å². The molecule has 21 heavy (non-hydrogen) atoms. The highest BCUT2D eigenvalue weighted by Crippen LogP contribution is 2.47. The molecule has 0 saturated carbocycles. The number of nitrogens with zero attached hydrogens (tertiary/aromatic N) is 2. The molecule has 8 heteroatoms. The highest BCUT2D eigenvalue weighted by atomic mass is 35.5. The number of benzene rings is 2. The number of hydrogen-bond donors (Lipinski definition) is 2. The highest BCUT2D eigenvalue weighted by Gasteiger charge is 2.18. The van der Waals surface area contributed by atoms with Gasteiger partial charge in [-0.25, -0.2) is 4.39 Å². The van der Waals surface area contributed by atoms with Crippen LogP contribution in [0.3, 0.4) is 0 Å². The maximum atomic E-state index is 13.3. The topological polar surface area (TPSA) is 57.0 Å². The summed E-state index contributed by atoms with van der Waals surface area (Å²) in [6.45, 7) is 0.325. The number of hydrogen-bond acceptors (Lipinski definition) is 4. The van der Waals surface area contributed by atoms with Crippen molar-refractivity contribution in [2.24, 2.45) is 8.73 Å². The Kier molecular flexibility index (Phi) is 3.84. The van der Waals surface area contributed by atoms with Gasteiger partial charge in [-0.15, -0.1) is 0 Å². The SMILES string of the molecule is Oc1ccc(CNc2c(Cl)cc(Cl)c3c2N=S=N3)cc1F. The van der Waals surface area contributed by atoms with Gasteiger partial charge in [0.2, 0.25) is 0 Å². The summed E-state index contributed by atoms with van der Waals surface area (Å²) in [6, 6.07) is 5.76. The van der Waals surface area contributed by atoms with Crippen LogP contribution >= 0.6 is 23.2 Å². The van der Waals surface area contributed by atoms with Crippen LogP contribution in [0.5, 0.6) is 5.75 Å². The second kappa shape index (κ2) is 5.63. The summed E-state index contributed by atoms with van der Waals surface area (Å²) >= 11 is 13.2. The van der Waals surface area contributed by atoms with Crippen LogP contribution in [-0.2, 0) is 17.9 Å². The minimum absolute atomic E-state index is 0.325. The van der Waals surface area contributed by atoms with E-state index < -0.39 is 5.82 Å². The van der Waals surface area contributed by atoms with E-state index in [1.54, 1.807) is 12.1 Å². The molecule has 0 radical (unpaired) electrons. The summed E-state index contributed by atoms with van der Waals surface area (Å²) in [7, 11) is 0. The molecule has 0 atom stereocenters. The van der Waals surface area contributed by atoms with Crippen molar-refractivity contribution in [3.63, 3.8) is 0 Å². The Balaban J connectivity index is 1.88. The Labute approximate surface area is 133 Å². The summed E-state index contributed by atoms with van der Waals surface area (Å²) in [5.74, 6) is -1.05. The number of nitrogens with one attached hydrogen (secondary N) is 1. The van der Waals surface area contributed by atoms with Crippen LogP contribution in [0.25, 0.3) is 0 Å².